The topological polar surface area (TPSA) is 101 Å². The van der Waals surface area contributed by atoms with Crippen LogP contribution in [0.1, 0.15) is 15.4 Å². The molecular weight excluding hydrogens is 400 g/mol. The molecule has 0 saturated carbocycles. The number of benzene rings is 2. The molecule has 28 heavy (non-hydrogen) atoms. The predicted octanol–water partition coefficient (Wildman–Crippen LogP) is 4.37. The smallest absolute Gasteiger partial charge is 0.321 e. The van der Waals surface area contributed by atoms with Gasteiger partial charge >= 0.3 is 5.76 Å². The van der Waals surface area contributed by atoms with Gasteiger partial charge in [0.1, 0.15) is 9.88 Å². The SMILES string of the molecule is Cc1nc(-c2ccc(Cl)cc2)sc1C(=O)Nc1cccc(-c2noc(=O)[nH]2)c1. The lowest BCUT2D eigenvalue weighted by Gasteiger charge is -2.05. The Hall–Kier alpha value is -3.23. The van der Waals surface area contributed by atoms with Crippen molar-refractivity contribution in [2.75, 3.05) is 5.32 Å². The molecule has 4 rings (SSSR count). The number of H-pyrrole nitrogens is 1. The fraction of sp³-hybridized carbons (Fsp3) is 0.0526. The number of thiazole rings is 1. The van der Waals surface area contributed by atoms with E-state index in [0.717, 1.165) is 10.6 Å². The van der Waals surface area contributed by atoms with Gasteiger partial charge in [-0.1, -0.05) is 41.0 Å². The van der Waals surface area contributed by atoms with Gasteiger partial charge in [0.15, 0.2) is 5.82 Å². The van der Waals surface area contributed by atoms with Gasteiger partial charge in [0.2, 0.25) is 0 Å². The third kappa shape index (κ3) is 3.73. The maximum atomic E-state index is 12.7. The lowest BCUT2D eigenvalue weighted by molar-refractivity contribution is 0.103. The van der Waals surface area contributed by atoms with Crippen molar-refractivity contribution in [1.29, 1.82) is 0 Å². The van der Waals surface area contributed by atoms with Crippen molar-refractivity contribution in [1.82, 2.24) is 15.1 Å². The minimum atomic E-state index is -0.639. The first-order valence-corrected chi connectivity index (χ1v) is 9.40. The number of amides is 1. The summed E-state index contributed by atoms with van der Waals surface area (Å²) in [5, 5.41) is 7.88. The van der Waals surface area contributed by atoms with E-state index in [1.54, 1.807) is 43.3 Å². The summed E-state index contributed by atoms with van der Waals surface area (Å²) < 4.78 is 4.51. The largest absolute Gasteiger partial charge is 0.439 e. The molecule has 1 amide bonds. The van der Waals surface area contributed by atoms with Crippen LogP contribution in [0.15, 0.2) is 57.8 Å². The molecule has 2 aromatic carbocycles. The minimum absolute atomic E-state index is 0.263. The number of aromatic nitrogens is 3. The average molecular weight is 413 g/mol. The summed E-state index contributed by atoms with van der Waals surface area (Å²) >= 11 is 7.23. The van der Waals surface area contributed by atoms with Crippen molar-refractivity contribution in [2.45, 2.75) is 6.92 Å². The molecule has 0 radical (unpaired) electrons. The standard InChI is InChI=1S/C19H13ClN4O3S/c1-10-15(28-18(21-10)11-5-7-13(20)8-6-11)17(25)22-14-4-2-3-12(9-14)16-23-19(26)27-24-16/h2-9H,1H3,(H,22,25)(H,23,24,26). The van der Waals surface area contributed by atoms with Crippen molar-refractivity contribution >= 4 is 34.5 Å². The maximum absolute atomic E-state index is 12.7. The monoisotopic (exact) mass is 412 g/mol. The van der Waals surface area contributed by atoms with Crippen LogP contribution < -0.4 is 11.1 Å². The summed E-state index contributed by atoms with van der Waals surface area (Å²) in [4.78, 5) is 31.3. The van der Waals surface area contributed by atoms with E-state index < -0.39 is 5.76 Å². The molecule has 0 aliphatic heterocycles. The van der Waals surface area contributed by atoms with Crippen LogP contribution in [0.5, 0.6) is 0 Å². The molecule has 0 saturated heterocycles. The normalized spacial score (nSPS) is 10.8. The van der Waals surface area contributed by atoms with E-state index in [2.05, 4.69) is 25.0 Å². The molecule has 140 valence electrons. The summed E-state index contributed by atoms with van der Waals surface area (Å²) in [6.45, 7) is 1.79. The maximum Gasteiger partial charge on any atom is 0.439 e. The molecule has 0 bridgehead atoms. The van der Waals surface area contributed by atoms with Gasteiger partial charge in [0, 0.05) is 21.8 Å². The Morgan fingerprint density at radius 2 is 1.96 bits per heavy atom. The Kier molecular flexibility index (Phi) is 4.81. The molecule has 2 N–H and O–H groups in total. The summed E-state index contributed by atoms with van der Waals surface area (Å²) in [5.74, 6) is -0.611. The van der Waals surface area contributed by atoms with E-state index in [0.29, 0.717) is 32.7 Å². The third-order valence-electron chi connectivity index (χ3n) is 3.93. The number of nitrogens with zero attached hydrogens (tertiary/aromatic N) is 2. The Balaban J connectivity index is 1.57. The lowest BCUT2D eigenvalue weighted by Crippen LogP contribution is -2.11. The van der Waals surface area contributed by atoms with Crippen LogP contribution in [0.25, 0.3) is 22.0 Å². The Morgan fingerprint density at radius 3 is 2.68 bits per heavy atom. The molecule has 2 aromatic heterocycles. The first kappa shape index (κ1) is 18.1. The highest BCUT2D eigenvalue weighted by atomic mass is 35.5. The Labute approximate surface area is 168 Å². The van der Waals surface area contributed by atoms with Gasteiger partial charge in [-0.3, -0.25) is 14.3 Å². The number of carbonyl (C=O) groups is 1. The number of nitrogens with one attached hydrogen (secondary N) is 2. The Morgan fingerprint density at radius 1 is 1.18 bits per heavy atom. The van der Waals surface area contributed by atoms with E-state index in [-0.39, 0.29) is 5.91 Å². The van der Waals surface area contributed by atoms with Crippen molar-refractivity contribution in [3.63, 3.8) is 0 Å². The zero-order valence-corrected chi connectivity index (χ0v) is 16.1. The van der Waals surface area contributed by atoms with Crippen molar-refractivity contribution < 1.29 is 9.32 Å². The predicted molar refractivity (Wildman–Crippen MR) is 108 cm³/mol. The van der Waals surface area contributed by atoms with E-state index >= 15 is 0 Å². The van der Waals surface area contributed by atoms with Gasteiger partial charge in [0.25, 0.3) is 5.91 Å². The second kappa shape index (κ2) is 7.41. The highest BCUT2D eigenvalue weighted by Gasteiger charge is 2.17. The molecule has 7 nitrogen and oxygen atoms in total. The van der Waals surface area contributed by atoms with Gasteiger partial charge < -0.3 is 5.32 Å². The van der Waals surface area contributed by atoms with Gasteiger partial charge in [-0.2, -0.15) is 0 Å². The van der Waals surface area contributed by atoms with Crippen LogP contribution in [0.2, 0.25) is 5.02 Å². The molecule has 2 heterocycles. The molecule has 0 fully saturated rings. The number of hydrogen-bond donors (Lipinski definition) is 2. The summed E-state index contributed by atoms with van der Waals surface area (Å²) in [6, 6.07) is 14.2. The number of aromatic amines is 1. The van der Waals surface area contributed by atoms with E-state index in [4.69, 9.17) is 11.6 Å². The number of carbonyl (C=O) groups excluding carboxylic acids is 1. The molecule has 0 aliphatic carbocycles. The van der Waals surface area contributed by atoms with Gasteiger partial charge in [-0.05, 0) is 31.2 Å². The van der Waals surface area contributed by atoms with Crippen LogP contribution in [-0.4, -0.2) is 21.0 Å². The van der Waals surface area contributed by atoms with E-state index in [9.17, 15) is 9.59 Å². The van der Waals surface area contributed by atoms with Gasteiger partial charge in [0.05, 0.1) is 5.69 Å². The zero-order valence-electron chi connectivity index (χ0n) is 14.5. The van der Waals surface area contributed by atoms with Crippen LogP contribution in [0, 0.1) is 6.92 Å². The summed E-state index contributed by atoms with van der Waals surface area (Å²) in [6.07, 6.45) is 0. The summed E-state index contributed by atoms with van der Waals surface area (Å²) in [5.41, 5.74) is 2.72. The highest BCUT2D eigenvalue weighted by Crippen LogP contribution is 2.29. The fourth-order valence-corrected chi connectivity index (χ4v) is 3.70. The first-order valence-electron chi connectivity index (χ1n) is 8.21. The second-order valence-electron chi connectivity index (χ2n) is 5.92. The lowest BCUT2D eigenvalue weighted by atomic mass is 10.2. The molecule has 0 atom stereocenters. The third-order valence-corrected chi connectivity index (χ3v) is 5.39. The van der Waals surface area contributed by atoms with Crippen LogP contribution in [0.3, 0.4) is 0 Å². The first-order chi connectivity index (χ1) is 13.5. The average Bonchev–Trinajstić information content (AvgIpc) is 3.28. The second-order valence-corrected chi connectivity index (χ2v) is 7.35. The molecule has 9 heteroatoms. The van der Waals surface area contributed by atoms with E-state index in [1.807, 2.05) is 12.1 Å². The van der Waals surface area contributed by atoms with Crippen molar-refractivity contribution in [2.24, 2.45) is 0 Å². The molecular formula is C19H13ClN4O3S. The molecule has 0 unspecified atom stereocenters. The minimum Gasteiger partial charge on any atom is -0.321 e. The molecule has 4 aromatic rings. The van der Waals surface area contributed by atoms with Gasteiger partial charge in [-0.25, -0.2) is 9.78 Å². The Bertz CT molecular complexity index is 1210. The number of hydrogen-bond acceptors (Lipinski definition) is 6. The fourth-order valence-electron chi connectivity index (χ4n) is 2.61. The van der Waals surface area contributed by atoms with Crippen molar-refractivity contribution in [3.8, 4) is 22.0 Å². The zero-order chi connectivity index (χ0) is 19.7. The number of anilines is 1. The van der Waals surface area contributed by atoms with Crippen molar-refractivity contribution in [3.05, 3.63) is 74.7 Å². The number of halogens is 1. The number of aryl methyl sites for hydroxylation is 1. The summed E-state index contributed by atoms with van der Waals surface area (Å²) in [7, 11) is 0. The van der Waals surface area contributed by atoms with Crippen LogP contribution in [0.4, 0.5) is 5.69 Å². The van der Waals surface area contributed by atoms with Crippen LogP contribution >= 0.6 is 22.9 Å². The molecule has 0 spiro atoms. The quantitative estimate of drug-likeness (QED) is 0.518. The number of rotatable bonds is 4. The van der Waals surface area contributed by atoms with E-state index in [1.165, 1.54) is 11.3 Å². The highest BCUT2D eigenvalue weighted by molar-refractivity contribution is 7.17. The van der Waals surface area contributed by atoms with Crippen LogP contribution in [-0.2, 0) is 0 Å². The molecule has 0 aliphatic rings. The van der Waals surface area contributed by atoms with Gasteiger partial charge in [-0.15, -0.1) is 11.3 Å².